The Labute approximate surface area is 192 Å². The SMILES string of the molecule is Cc1cn[c-]cn1.N#Cc1cccn(-c2ccc(NC3CCCC3)nc2)c1=O.[Na+]. The topological polar surface area (TPSA) is 96.5 Å². The molecule has 0 aromatic carbocycles. The smallest absolute Gasteiger partial charge is 0.456 e. The molecule has 7 nitrogen and oxygen atoms in total. The number of hydrogen-bond donors (Lipinski definition) is 1. The van der Waals surface area contributed by atoms with Crippen molar-refractivity contribution in [2.45, 2.75) is 38.6 Å². The van der Waals surface area contributed by atoms with E-state index < -0.39 is 0 Å². The quantitative estimate of drug-likeness (QED) is 0.496. The van der Waals surface area contributed by atoms with Crippen LogP contribution in [0.5, 0.6) is 0 Å². The van der Waals surface area contributed by atoms with E-state index in [2.05, 4.69) is 26.5 Å². The second kappa shape index (κ2) is 11.5. The van der Waals surface area contributed by atoms with Crippen LogP contribution in [0.15, 0.2) is 53.8 Å². The average Bonchev–Trinajstić information content (AvgIpc) is 3.23. The molecule has 142 valence electrons. The number of pyridine rings is 2. The maximum absolute atomic E-state index is 12.1. The van der Waals surface area contributed by atoms with Crippen LogP contribution >= 0.6 is 0 Å². The van der Waals surface area contributed by atoms with Crippen molar-refractivity contribution < 1.29 is 29.6 Å². The minimum atomic E-state index is -0.321. The van der Waals surface area contributed by atoms with Crippen LogP contribution in [0.2, 0.25) is 0 Å². The summed E-state index contributed by atoms with van der Waals surface area (Å²) < 4.78 is 1.44. The van der Waals surface area contributed by atoms with Gasteiger partial charge in [0, 0.05) is 12.2 Å². The standard InChI is InChI=1S/C16H16N4O.C5H5N2.Na/c17-10-12-4-3-9-20(16(12)21)14-7-8-15(18-11-14)19-13-5-1-2-6-13;1-5-4-6-2-3-7-5;/h3-4,7-9,11,13H,1-2,5-6H2,(H,18,19);3-4H,1H3;/q;-1;+1. The molecule has 1 aliphatic rings. The fourth-order valence-corrected chi connectivity index (χ4v) is 3.00. The fraction of sp³-hybridized carbons (Fsp3) is 0.286. The zero-order valence-corrected chi connectivity index (χ0v) is 18.7. The van der Waals surface area contributed by atoms with Gasteiger partial charge < -0.3 is 10.3 Å². The molecule has 0 aliphatic heterocycles. The van der Waals surface area contributed by atoms with E-state index >= 15 is 0 Å². The Morgan fingerprint density at radius 2 is 2.00 bits per heavy atom. The van der Waals surface area contributed by atoms with E-state index in [0.717, 1.165) is 11.5 Å². The van der Waals surface area contributed by atoms with Crippen molar-refractivity contribution in [3.8, 4) is 11.8 Å². The molecule has 0 unspecified atom stereocenters. The molecular weight excluding hydrogens is 375 g/mol. The Bertz CT molecular complexity index is 992. The molecule has 3 heterocycles. The third-order valence-corrected chi connectivity index (χ3v) is 4.45. The average molecular weight is 396 g/mol. The first-order valence-corrected chi connectivity index (χ1v) is 9.17. The maximum atomic E-state index is 12.1. The van der Waals surface area contributed by atoms with Gasteiger partial charge in [0.15, 0.2) is 0 Å². The van der Waals surface area contributed by atoms with Gasteiger partial charge in [-0.25, -0.2) is 4.98 Å². The summed E-state index contributed by atoms with van der Waals surface area (Å²) in [4.78, 5) is 24.0. The second-order valence-corrected chi connectivity index (χ2v) is 6.52. The van der Waals surface area contributed by atoms with Gasteiger partial charge in [-0.15, -0.1) is 12.4 Å². The zero-order valence-electron chi connectivity index (χ0n) is 16.7. The molecular formula is C21H21N6NaO. The van der Waals surface area contributed by atoms with Crippen molar-refractivity contribution in [1.82, 2.24) is 19.5 Å². The molecule has 0 amide bonds. The fourth-order valence-electron chi connectivity index (χ4n) is 3.00. The molecule has 0 radical (unpaired) electrons. The van der Waals surface area contributed by atoms with Crippen LogP contribution in [-0.2, 0) is 0 Å². The summed E-state index contributed by atoms with van der Waals surface area (Å²) in [6, 6.07) is 9.32. The van der Waals surface area contributed by atoms with Gasteiger partial charge in [0.25, 0.3) is 5.56 Å². The van der Waals surface area contributed by atoms with E-state index in [-0.39, 0.29) is 40.7 Å². The summed E-state index contributed by atoms with van der Waals surface area (Å²) in [6.45, 7) is 1.89. The van der Waals surface area contributed by atoms with Crippen molar-refractivity contribution in [3.63, 3.8) is 0 Å². The number of aryl methyl sites for hydroxylation is 1. The molecule has 8 heteroatoms. The Morgan fingerprint density at radius 3 is 2.55 bits per heavy atom. The molecule has 3 aromatic rings. The van der Waals surface area contributed by atoms with Crippen LogP contribution in [-0.4, -0.2) is 25.6 Å². The van der Waals surface area contributed by atoms with Crippen molar-refractivity contribution in [3.05, 3.63) is 76.9 Å². The first-order valence-electron chi connectivity index (χ1n) is 9.17. The van der Waals surface area contributed by atoms with Crippen molar-refractivity contribution in [2.75, 3.05) is 5.32 Å². The molecule has 0 atom stereocenters. The van der Waals surface area contributed by atoms with Crippen molar-refractivity contribution in [1.29, 1.82) is 5.26 Å². The van der Waals surface area contributed by atoms with Crippen molar-refractivity contribution in [2.24, 2.45) is 0 Å². The van der Waals surface area contributed by atoms with Crippen LogP contribution < -0.4 is 40.4 Å². The largest absolute Gasteiger partial charge is 1.00 e. The van der Waals surface area contributed by atoms with Gasteiger partial charge in [0.05, 0.1) is 11.9 Å². The predicted octanol–water partition coefficient (Wildman–Crippen LogP) is 0.0479. The first kappa shape index (κ1) is 22.8. The molecule has 3 aromatic heterocycles. The summed E-state index contributed by atoms with van der Waals surface area (Å²) in [6.07, 6.45) is 14.0. The third kappa shape index (κ3) is 6.50. The molecule has 1 fully saturated rings. The number of nitrogens with one attached hydrogen (secondary N) is 1. The van der Waals surface area contributed by atoms with E-state index in [1.54, 1.807) is 30.9 Å². The molecule has 1 N–H and O–H groups in total. The maximum Gasteiger partial charge on any atom is 1.00 e. The van der Waals surface area contributed by atoms with Gasteiger partial charge in [-0.3, -0.25) is 14.3 Å². The van der Waals surface area contributed by atoms with E-state index in [4.69, 9.17) is 5.26 Å². The number of nitriles is 1. The first-order chi connectivity index (χ1) is 13.7. The molecule has 4 rings (SSSR count). The minimum Gasteiger partial charge on any atom is -0.456 e. The van der Waals surface area contributed by atoms with Crippen LogP contribution in [0, 0.1) is 24.5 Å². The zero-order chi connectivity index (χ0) is 19.8. The van der Waals surface area contributed by atoms with Gasteiger partial charge in [0.2, 0.25) is 0 Å². The Kier molecular flexibility index (Phi) is 9.00. The number of nitrogens with zero attached hydrogens (tertiary/aromatic N) is 5. The molecule has 0 bridgehead atoms. The Morgan fingerprint density at radius 1 is 1.21 bits per heavy atom. The van der Waals surface area contributed by atoms with E-state index in [9.17, 15) is 4.79 Å². The van der Waals surface area contributed by atoms with Crippen molar-refractivity contribution >= 4 is 5.82 Å². The number of rotatable bonds is 3. The molecule has 0 spiro atoms. The second-order valence-electron chi connectivity index (χ2n) is 6.52. The summed E-state index contributed by atoms with van der Waals surface area (Å²) >= 11 is 0. The Hall–Kier alpha value is -2.53. The summed E-state index contributed by atoms with van der Waals surface area (Å²) in [7, 11) is 0. The monoisotopic (exact) mass is 396 g/mol. The van der Waals surface area contributed by atoms with E-state index in [1.807, 2.05) is 25.1 Å². The normalized spacial score (nSPS) is 12.8. The molecule has 1 aliphatic carbocycles. The predicted molar refractivity (Wildman–Crippen MR) is 106 cm³/mol. The van der Waals surface area contributed by atoms with Crippen LogP contribution in [0.25, 0.3) is 5.69 Å². The van der Waals surface area contributed by atoms with Crippen LogP contribution in [0.4, 0.5) is 5.82 Å². The molecule has 0 saturated heterocycles. The number of anilines is 1. The number of aromatic nitrogens is 4. The van der Waals surface area contributed by atoms with Gasteiger partial charge in [-0.2, -0.15) is 5.26 Å². The van der Waals surface area contributed by atoms with Gasteiger partial charge in [-0.05, 0) is 55.9 Å². The third-order valence-electron chi connectivity index (χ3n) is 4.45. The summed E-state index contributed by atoms with van der Waals surface area (Å²) in [5.41, 5.74) is 1.40. The summed E-state index contributed by atoms with van der Waals surface area (Å²) in [5, 5.41) is 12.3. The number of hydrogen-bond acceptors (Lipinski definition) is 6. The van der Waals surface area contributed by atoms with Crippen LogP contribution in [0.1, 0.15) is 36.9 Å². The van der Waals surface area contributed by atoms with Crippen LogP contribution in [0.3, 0.4) is 0 Å². The van der Waals surface area contributed by atoms with E-state index in [1.165, 1.54) is 36.3 Å². The molecule has 1 saturated carbocycles. The van der Waals surface area contributed by atoms with E-state index in [0.29, 0.717) is 11.7 Å². The summed E-state index contributed by atoms with van der Waals surface area (Å²) in [5.74, 6) is 0.829. The van der Waals surface area contributed by atoms with Gasteiger partial charge in [-0.1, -0.05) is 12.8 Å². The van der Waals surface area contributed by atoms with Gasteiger partial charge in [0.1, 0.15) is 17.5 Å². The minimum absolute atomic E-state index is 0. The molecule has 29 heavy (non-hydrogen) atoms. The Balaban J connectivity index is 0.000000319. The van der Waals surface area contributed by atoms with Gasteiger partial charge >= 0.3 is 29.6 Å².